The minimum Gasteiger partial charge on any atom is -0.497 e. The van der Waals surface area contributed by atoms with E-state index < -0.39 is 0 Å². The van der Waals surface area contributed by atoms with Gasteiger partial charge in [0.2, 0.25) is 0 Å². The van der Waals surface area contributed by atoms with Gasteiger partial charge in [-0.2, -0.15) is 0 Å². The standard InChI is InChI=1S/C20H30N4OS.HI/c1-6-21-19(22-12-11-15-7-9-16(25-5)10-8-15)23-13-18-24-17(14-26-18)20(2,3)4;/h7-10,14H,6,11-13H2,1-5H3,(H2,21,22,23);1H. The Kier molecular flexibility index (Phi) is 10.1. The zero-order valence-corrected chi connectivity index (χ0v) is 20.0. The summed E-state index contributed by atoms with van der Waals surface area (Å²) in [6.45, 7) is 10.9. The number of rotatable bonds is 7. The van der Waals surface area contributed by atoms with Crippen molar-refractivity contribution in [2.75, 3.05) is 20.2 Å². The van der Waals surface area contributed by atoms with Crippen LogP contribution in [0.3, 0.4) is 0 Å². The predicted molar refractivity (Wildman–Crippen MR) is 126 cm³/mol. The molecule has 0 saturated carbocycles. The van der Waals surface area contributed by atoms with Gasteiger partial charge in [0, 0.05) is 23.9 Å². The number of nitrogens with zero attached hydrogens (tertiary/aromatic N) is 2. The van der Waals surface area contributed by atoms with Crippen LogP contribution in [0.2, 0.25) is 0 Å². The summed E-state index contributed by atoms with van der Waals surface area (Å²) in [5.41, 5.74) is 2.48. The summed E-state index contributed by atoms with van der Waals surface area (Å²) in [6, 6.07) is 8.16. The van der Waals surface area contributed by atoms with E-state index in [1.165, 1.54) is 5.56 Å². The molecule has 1 aromatic carbocycles. The molecule has 0 amide bonds. The van der Waals surface area contributed by atoms with Crippen LogP contribution >= 0.6 is 35.3 Å². The highest BCUT2D eigenvalue weighted by molar-refractivity contribution is 14.0. The lowest BCUT2D eigenvalue weighted by Gasteiger charge is -2.14. The molecule has 27 heavy (non-hydrogen) atoms. The van der Waals surface area contributed by atoms with Crippen molar-refractivity contribution >= 4 is 41.3 Å². The van der Waals surface area contributed by atoms with Crippen molar-refractivity contribution in [1.29, 1.82) is 0 Å². The molecule has 1 heterocycles. The number of hydrogen-bond acceptors (Lipinski definition) is 4. The molecule has 5 nitrogen and oxygen atoms in total. The van der Waals surface area contributed by atoms with E-state index in [0.717, 1.165) is 41.9 Å². The van der Waals surface area contributed by atoms with Gasteiger partial charge in [-0.3, -0.25) is 0 Å². The van der Waals surface area contributed by atoms with E-state index in [1.54, 1.807) is 18.4 Å². The van der Waals surface area contributed by atoms with Crippen LogP contribution in [-0.2, 0) is 18.4 Å². The van der Waals surface area contributed by atoms with Crippen LogP contribution < -0.4 is 15.4 Å². The molecule has 0 bridgehead atoms. The fourth-order valence-corrected chi connectivity index (χ4v) is 3.28. The topological polar surface area (TPSA) is 58.5 Å². The van der Waals surface area contributed by atoms with Crippen LogP contribution in [0.15, 0.2) is 34.6 Å². The number of hydrogen-bond donors (Lipinski definition) is 2. The van der Waals surface area contributed by atoms with Gasteiger partial charge < -0.3 is 15.4 Å². The highest BCUT2D eigenvalue weighted by atomic mass is 127. The zero-order valence-electron chi connectivity index (χ0n) is 16.8. The summed E-state index contributed by atoms with van der Waals surface area (Å²) in [5, 5.41) is 9.86. The van der Waals surface area contributed by atoms with Gasteiger partial charge in [-0.15, -0.1) is 35.3 Å². The maximum Gasteiger partial charge on any atom is 0.191 e. The molecule has 0 unspecified atom stereocenters. The number of thiazole rings is 1. The van der Waals surface area contributed by atoms with Gasteiger partial charge in [0.05, 0.1) is 19.3 Å². The van der Waals surface area contributed by atoms with Crippen molar-refractivity contribution in [3.05, 3.63) is 45.9 Å². The minimum atomic E-state index is 0. The second-order valence-corrected chi connectivity index (χ2v) is 8.04. The summed E-state index contributed by atoms with van der Waals surface area (Å²) in [5.74, 6) is 1.71. The first-order chi connectivity index (χ1) is 12.4. The minimum absolute atomic E-state index is 0. The Morgan fingerprint density at radius 2 is 1.89 bits per heavy atom. The Balaban J connectivity index is 0.00000364. The average molecular weight is 502 g/mol. The third kappa shape index (κ3) is 8.04. The van der Waals surface area contributed by atoms with Gasteiger partial charge in [-0.05, 0) is 31.0 Å². The fourth-order valence-electron chi connectivity index (χ4n) is 2.33. The molecule has 0 aliphatic carbocycles. The SMILES string of the molecule is CCNC(=NCc1nc(C(C)(C)C)cs1)NCCc1ccc(OC)cc1.I. The van der Waals surface area contributed by atoms with Crippen LogP contribution in [-0.4, -0.2) is 31.1 Å². The zero-order chi connectivity index (χ0) is 19.0. The van der Waals surface area contributed by atoms with E-state index in [4.69, 9.17) is 9.72 Å². The maximum atomic E-state index is 5.19. The van der Waals surface area contributed by atoms with Crippen molar-refractivity contribution in [3.63, 3.8) is 0 Å². The van der Waals surface area contributed by atoms with E-state index in [2.05, 4.69) is 60.8 Å². The Morgan fingerprint density at radius 1 is 1.19 bits per heavy atom. The smallest absolute Gasteiger partial charge is 0.191 e. The lowest BCUT2D eigenvalue weighted by Crippen LogP contribution is -2.38. The van der Waals surface area contributed by atoms with Gasteiger partial charge in [-0.25, -0.2) is 9.98 Å². The van der Waals surface area contributed by atoms with Crippen molar-refractivity contribution < 1.29 is 4.74 Å². The molecule has 0 aliphatic rings. The largest absolute Gasteiger partial charge is 0.497 e. The number of aromatic nitrogens is 1. The molecule has 1 aromatic heterocycles. The highest BCUT2D eigenvalue weighted by Gasteiger charge is 2.17. The monoisotopic (exact) mass is 502 g/mol. The van der Waals surface area contributed by atoms with E-state index in [-0.39, 0.29) is 29.4 Å². The Bertz CT molecular complexity index is 708. The van der Waals surface area contributed by atoms with E-state index in [1.807, 2.05) is 12.1 Å². The lowest BCUT2D eigenvalue weighted by molar-refractivity contribution is 0.414. The molecule has 0 aliphatic heterocycles. The van der Waals surface area contributed by atoms with E-state index in [0.29, 0.717) is 6.54 Å². The number of halogens is 1. The number of ether oxygens (including phenoxy) is 1. The van der Waals surface area contributed by atoms with Crippen LogP contribution in [0.1, 0.15) is 44.0 Å². The average Bonchev–Trinajstić information content (AvgIpc) is 3.10. The van der Waals surface area contributed by atoms with Gasteiger partial charge in [0.15, 0.2) is 5.96 Å². The van der Waals surface area contributed by atoms with Crippen molar-refractivity contribution in [2.45, 2.75) is 46.1 Å². The molecule has 2 aromatic rings. The molecule has 0 atom stereocenters. The van der Waals surface area contributed by atoms with Gasteiger partial charge in [0.25, 0.3) is 0 Å². The first kappa shape index (κ1) is 23.7. The molecular formula is C20H31IN4OS. The molecule has 150 valence electrons. The van der Waals surface area contributed by atoms with Gasteiger partial charge in [0.1, 0.15) is 10.8 Å². The molecule has 0 spiro atoms. The van der Waals surface area contributed by atoms with Crippen LogP contribution in [0.5, 0.6) is 5.75 Å². The first-order valence-corrected chi connectivity index (χ1v) is 9.90. The highest BCUT2D eigenvalue weighted by Crippen LogP contribution is 2.24. The Labute approximate surface area is 184 Å². The maximum absolute atomic E-state index is 5.19. The second-order valence-electron chi connectivity index (χ2n) is 7.10. The molecule has 2 rings (SSSR count). The van der Waals surface area contributed by atoms with Crippen LogP contribution in [0.25, 0.3) is 0 Å². The molecule has 0 radical (unpaired) electrons. The number of methoxy groups -OCH3 is 1. The summed E-state index contributed by atoms with van der Waals surface area (Å²) in [7, 11) is 1.68. The van der Waals surface area contributed by atoms with Gasteiger partial charge >= 0.3 is 0 Å². The fraction of sp³-hybridized carbons (Fsp3) is 0.500. The van der Waals surface area contributed by atoms with E-state index in [9.17, 15) is 0 Å². The summed E-state index contributed by atoms with van der Waals surface area (Å²) in [6.07, 6.45) is 0.930. The third-order valence-electron chi connectivity index (χ3n) is 3.90. The van der Waals surface area contributed by atoms with Crippen molar-refractivity contribution in [1.82, 2.24) is 15.6 Å². The van der Waals surface area contributed by atoms with Crippen molar-refractivity contribution in [2.24, 2.45) is 4.99 Å². The Hall–Kier alpha value is -1.35. The number of guanidine groups is 1. The molecule has 2 N–H and O–H groups in total. The summed E-state index contributed by atoms with van der Waals surface area (Å²) in [4.78, 5) is 9.36. The summed E-state index contributed by atoms with van der Waals surface area (Å²) < 4.78 is 5.19. The molecule has 7 heteroatoms. The number of aliphatic imine (C=N–C) groups is 1. The predicted octanol–water partition coefficient (Wildman–Crippen LogP) is 4.37. The first-order valence-electron chi connectivity index (χ1n) is 9.02. The van der Waals surface area contributed by atoms with E-state index >= 15 is 0 Å². The lowest BCUT2D eigenvalue weighted by atomic mass is 9.93. The molecular weight excluding hydrogens is 471 g/mol. The molecule has 0 saturated heterocycles. The second kappa shape index (κ2) is 11.5. The Morgan fingerprint density at radius 3 is 2.44 bits per heavy atom. The van der Waals surface area contributed by atoms with Gasteiger partial charge in [-0.1, -0.05) is 32.9 Å². The number of benzene rings is 1. The van der Waals surface area contributed by atoms with Crippen LogP contribution in [0.4, 0.5) is 0 Å². The normalized spacial score (nSPS) is 11.7. The molecule has 0 fully saturated rings. The quantitative estimate of drug-likeness (QED) is 0.336. The number of nitrogens with one attached hydrogen (secondary N) is 2. The third-order valence-corrected chi connectivity index (χ3v) is 4.74. The van der Waals surface area contributed by atoms with Crippen molar-refractivity contribution in [3.8, 4) is 5.75 Å². The van der Waals surface area contributed by atoms with Crippen LogP contribution in [0, 0.1) is 0 Å². The summed E-state index contributed by atoms with van der Waals surface area (Å²) >= 11 is 1.68.